The minimum Gasteiger partial charge on any atom is -0.322 e. The Hall–Kier alpha value is -2.28. The van der Waals surface area contributed by atoms with Crippen LogP contribution in [0.2, 0.25) is 0 Å². The zero-order valence-corrected chi connectivity index (χ0v) is 15.0. The predicted octanol–water partition coefficient (Wildman–Crippen LogP) is 1.30. The monoisotopic (exact) mass is 371 g/mol. The summed E-state index contributed by atoms with van der Waals surface area (Å²) in [4.78, 5) is 38.2. The highest BCUT2D eigenvalue weighted by Gasteiger charge is 2.45. The molecule has 2 unspecified atom stereocenters. The van der Waals surface area contributed by atoms with Gasteiger partial charge in [0.25, 0.3) is 5.91 Å². The number of halogens is 1. The number of nitrogens with zero attached hydrogens (tertiary/aromatic N) is 1. The van der Waals surface area contributed by atoms with Crippen LogP contribution in [0.5, 0.6) is 0 Å². The van der Waals surface area contributed by atoms with Crippen LogP contribution in [0.3, 0.4) is 0 Å². The second kappa shape index (κ2) is 6.12. The first-order valence-corrected chi connectivity index (χ1v) is 9.70. The second-order valence-electron chi connectivity index (χ2n) is 8.20. The van der Waals surface area contributed by atoms with E-state index in [-0.39, 0.29) is 30.0 Å². The molecule has 0 spiro atoms. The number of carbonyl (C=O) groups excluding carboxylic acids is 3. The van der Waals surface area contributed by atoms with E-state index in [0.29, 0.717) is 30.4 Å². The number of fused-ring (bicyclic) bond motifs is 3. The Morgan fingerprint density at radius 1 is 1.04 bits per heavy atom. The number of hydrogen-bond donors (Lipinski definition) is 2. The second-order valence-corrected chi connectivity index (χ2v) is 8.20. The van der Waals surface area contributed by atoms with Crippen LogP contribution in [-0.2, 0) is 16.1 Å². The molecule has 3 aliphatic heterocycles. The maximum absolute atomic E-state index is 14.4. The van der Waals surface area contributed by atoms with E-state index in [2.05, 4.69) is 10.6 Å². The van der Waals surface area contributed by atoms with E-state index in [1.165, 1.54) is 11.0 Å². The zero-order valence-electron chi connectivity index (χ0n) is 15.0. The van der Waals surface area contributed by atoms with Gasteiger partial charge in [0.2, 0.25) is 11.8 Å². The third kappa shape index (κ3) is 2.59. The molecule has 4 atom stereocenters. The normalized spacial score (nSPS) is 32.6. The number of amides is 3. The van der Waals surface area contributed by atoms with E-state index >= 15 is 0 Å². The first-order valence-electron chi connectivity index (χ1n) is 9.70. The van der Waals surface area contributed by atoms with E-state index in [0.717, 1.165) is 37.1 Å². The molecule has 27 heavy (non-hydrogen) atoms. The van der Waals surface area contributed by atoms with Crippen molar-refractivity contribution in [2.24, 2.45) is 11.8 Å². The van der Waals surface area contributed by atoms with Gasteiger partial charge in [-0.3, -0.25) is 19.7 Å². The lowest BCUT2D eigenvalue weighted by Gasteiger charge is -2.33. The van der Waals surface area contributed by atoms with Crippen molar-refractivity contribution in [2.45, 2.75) is 44.2 Å². The molecule has 0 aromatic heterocycles. The average Bonchev–Trinajstić information content (AvgIpc) is 3.08. The molecule has 1 saturated carbocycles. The van der Waals surface area contributed by atoms with Crippen LogP contribution in [0.25, 0.3) is 0 Å². The fraction of sp³-hybridized carbons (Fsp3) is 0.550. The lowest BCUT2D eigenvalue weighted by molar-refractivity contribution is -0.136. The van der Waals surface area contributed by atoms with Crippen molar-refractivity contribution >= 4 is 17.7 Å². The van der Waals surface area contributed by atoms with Crippen molar-refractivity contribution in [1.82, 2.24) is 15.5 Å². The number of imide groups is 1. The summed E-state index contributed by atoms with van der Waals surface area (Å²) in [6.07, 6.45) is 2.79. The lowest BCUT2D eigenvalue weighted by atomic mass is 9.78. The summed E-state index contributed by atoms with van der Waals surface area (Å²) in [6.45, 7) is 2.17. The topological polar surface area (TPSA) is 78.5 Å². The molecule has 3 fully saturated rings. The highest BCUT2D eigenvalue weighted by atomic mass is 19.1. The van der Waals surface area contributed by atoms with Crippen LogP contribution < -0.4 is 10.6 Å². The molecule has 4 aliphatic rings. The first kappa shape index (κ1) is 16.9. The summed E-state index contributed by atoms with van der Waals surface area (Å²) in [7, 11) is 0. The molecule has 2 saturated heterocycles. The van der Waals surface area contributed by atoms with Gasteiger partial charge in [-0.1, -0.05) is 0 Å². The van der Waals surface area contributed by atoms with Crippen LogP contribution in [0.1, 0.15) is 53.1 Å². The molecule has 0 radical (unpaired) electrons. The van der Waals surface area contributed by atoms with E-state index in [1.807, 2.05) is 0 Å². The summed E-state index contributed by atoms with van der Waals surface area (Å²) in [6, 6.07) is 2.24. The predicted molar refractivity (Wildman–Crippen MR) is 94.3 cm³/mol. The molecule has 7 heteroatoms. The summed E-state index contributed by atoms with van der Waals surface area (Å²) in [5.41, 5.74) is 2.20. The summed E-state index contributed by atoms with van der Waals surface area (Å²) in [5, 5.41) is 5.77. The van der Waals surface area contributed by atoms with Crippen LogP contribution in [0.15, 0.2) is 12.1 Å². The summed E-state index contributed by atoms with van der Waals surface area (Å²) < 4.78 is 14.4. The number of rotatable bonds is 2. The first-order chi connectivity index (χ1) is 13.0. The molecular weight excluding hydrogens is 349 g/mol. The van der Waals surface area contributed by atoms with Gasteiger partial charge in [0.15, 0.2) is 0 Å². The quantitative estimate of drug-likeness (QED) is 0.768. The van der Waals surface area contributed by atoms with E-state index in [4.69, 9.17) is 0 Å². The van der Waals surface area contributed by atoms with Crippen LogP contribution >= 0.6 is 0 Å². The third-order valence-electron chi connectivity index (χ3n) is 6.75. The Morgan fingerprint density at radius 3 is 2.48 bits per heavy atom. The van der Waals surface area contributed by atoms with Crippen molar-refractivity contribution < 1.29 is 18.8 Å². The lowest BCUT2D eigenvalue weighted by Crippen LogP contribution is -2.52. The number of piperidine rings is 2. The smallest absolute Gasteiger partial charge is 0.255 e. The Bertz CT molecular complexity index is 839. The van der Waals surface area contributed by atoms with Crippen LogP contribution in [0, 0.1) is 17.7 Å². The van der Waals surface area contributed by atoms with Gasteiger partial charge in [-0.25, -0.2) is 4.39 Å². The standard InChI is InChI=1S/C20H22FN3O3/c21-12-5-13(18-10-1-2-11(18)8-22-7-10)15-9-24(20(27)14(15)6-12)16-3-4-17(25)23-19(16)26/h5-6,10-11,16,18,22H,1-4,7-9H2,(H,23,25,26)/t10-,11+,16?,18?. The molecule has 3 amide bonds. The van der Waals surface area contributed by atoms with Gasteiger partial charge >= 0.3 is 0 Å². The molecule has 1 aromatic carbocycles. The molecule has 2 bridgehead atoms. The summed E-state index contributed by atoms with van der Waals surface area (Å²) in [5.74, 6) is -0.231. The third-order valence-corrected chi connectivity index (χ3v) is 6.75. The SMILES string of the molecule is O=C1CCC(N2Cc3c(cc(F)cc3C3[C@@H]4CC[C@H]3CNC4)C2=O)C(=O)N1. The number of carbonyl (C=O) groups is 3. The van der Waals surface area contributed by atoms with Crippen LogP contribution in [0.4, 0.5) is 4.39 Å². The fourth-order valence-corrected chi connectivity index (χ4v) is 5.54. The Morgan fingerprint density at radius 2 is 1.78 bits per heavy atom. The van der Waals surface area contributed by atoms with Crippen molar-refractivity contribution in [3.05, 3.63) is 34.6 Å². The highest BCUT2D eigenvalue weighted by molar-refractivity contribution is 6.05. The van der Waals surface area contributed by atoms with Gasteiger partial charge in [0.05, 0.1) is 0 Å². The minimum atomic E-state index is -0.664. The fourth-order valence-electron chi connectivity index (χ4n) is 5.54. The van der Waals surface area contributed by atoms with Gasteiger partial charge in [-0.2, -0.15) is 0 Å². The van der Waals surface area contributed by atoms with Gasteiger partial charge in [0.1, 0.15) is 11.9 Å². The Balaban J connectivity index is 1.51. The van der Waals surface area contributed by atoms with Gasteiger partial charge in [-0.05, 0) is 73.4 Å². The van der Waals surface area contributed by atoms with Gasteiger partial charge < -0.3 is 10.2 Å². The van der Waals surface area contributed by atoms with Gasteiger partial charge in [0, 0.05) is 18.5 Å². The molecule has 142 valence electrons. The van der Waals surface area contributed by atoms with Gasteiger partial charge in [-0.15, -0.1) is 0 Å². The highest BCUT2D eigenvalue weighted by Crippen LogP contribution is 2.48. The minimum absolute atomic E-state index is 0.218. The zero-order chi connectivity index (χ0) is 18.7. The van der Waals surface area contributed by atoms with E-state index < -0.39 is 11.9 Å². The van der Waals surface area contributed by atoms with E-state index in [9.17, 15) is 18.8 Å². The molecule has 1 aliphatic carbocycles. The van der Waals surface area contributed by atoms with Crippen molar-refractivity contribution in [2.75, 3.05) is 13.1 Å². The van der Waals surface area contributed by atoms with Crippen molar-refractivity contribution in [3.8, 4) is 0 Å². The molecule has 1 aromatic rings. The maximum atomic E-state index is 14.4. The number of nitrogens with one attached hydrogen (secondary N) is 2. The largest absolute Gasteiger partial charge is 0.322 e. The molecular formula is C20H22FN3O3. The van der Waals surface area contributed by atoms with Crippen LogP contribution in [-0.4, -0.2) is 41.8 Å². The number of hydrogen-bond acceptors (Lipinski definition) is 4. The Kier molecular flexibility index (Phi) is 3.82. The molecule has 3 heterocycles. The Labute approximate surface area is 156 Å². The average molecular weight is 371 g/mol. The molecule has 2 N–H and O–H groups in total. The maximum Gasteiger partial charge on any atom is 0.255 e. The number of benzene rings is 1. The van der Waals surface area contributed by atoms with E-state index in [1.54, 1.807) is 6.07 Å². The van der Waals surface area contributed by atoms with Crippen molar-refractivity contribution in [1.29, 1.82) is 0 Å². The molecule has 5 rings (SSSR count). The molecule has 6 nitrogen and oxygen atoms in total. The summed E-state index contributed by atoms with van der Waals surface area (Å²) >= 11 is 0. The van der Waals surface area contributed by atoms with Crippen molar-refractivity contribution in [3.63, 3.8) is 0 Å².